The predicted molar refractivity (Wildman–Crippen MR) is 142 cm³/mol. The van der Waals surface area contributed by atoms with Gasteiger partial charge in [-0.2, -0.15) is 0 Å². The summed E-state index contributed by atoms with van der Waals surface area (Å²) in [6.45, 7) is 16.9. The maximum atomic E-state index is 13.9. The lowest BCUT2D eigenvalue weighted by Crippen LogP contribution is -2.44. The Morgan fingerprint density at radius 3 is 2.06 bits per heavy atom. The lowest BCUT2D eigenvalue weighted by molar-refractivity contribution is 0.181. The Hall–Kier alpha value is -3.01. The van der Waals surface area contributed by atoms with Gasteiger partial charge in [0.1, 0.15) is 0 Å². The highest BCUT2D eigenvalue weighted by atomic mass is 16.2. The van der Waals surface area contributed by atoms with Crippen LogP contribution in [0.15, 0.2) is 60.8 Å². The fraction of sp³-hybridized carbons (Fsp3) is 0.433. The maximum absolute atomic E-state index is 13.9. The van der Waals surface area contributed by atoms with Crippen LogP contribution in [0.5, 0.6) is 0 Å². The zero-order valence-corrected chi connectivity index (χ0v) is 21.7. The topological polar surface area (TPSA) is 37.3 Å². The highest BCUT2D eigenvalue weighted by Gasteiger charge is 2.33. The summed E-state index contributed by atoms with van der Waals surface area (Å²) < 4.78 is 2.27. The lowest BCUT2D eigenvalue weighted by Gasteiger charge is -2.38. The van der Waals surface area contributed by atoms with Crippen LogP contribution in [-0.4, -0.2) is 22.0 Å². The van der Waals surface area contributed by atoms with Crippen molar-refractivity contribution >= 4 is 11.7 Å². The molecule has 2 aromatic carbocycles. The average molecular weight is 458 g/mol. The molecule has 0 saturated carbocycles. The van der Waals surface area contributed by atoms with Crippen LogP contribution in [0.25, 0.3) is 0 Å². The van der Waals surface area contributed by atoms with Crippen LogP contribution in [0.2, 0.25) is 0 Å². The van der Waals surface area contributed by atoms with E-state index in [2.05, 4.69) is 119 Å². The first-order valence-corrected chi connectivity index (χ1v) is 12.5. The molecule has 0 unspecified atom stereocenters. The Kier molecular flexibility index (Phi) is 6.62. The zero-order chi connectivity index (χ0) is 24.6. The SMILES string of the molecule is CC(C)c1cccc(C(C)C)c1NC(=O)N1CCn2cccc2[C@H]1c1ccc(C(C)(C)C)cc1. The van der Waals surface area contributed by atoms with Crippen molar-refractivity contribution in [3.05, 3.63) is 88.7 Å². The number of hydrogen-bond donors (Lipinski definition) is 1. The monoisotopic (exact) mass is 457 g/mol. The molecule has 4 nitrogen and oxygen atoms in total. The zero-order valence-electron chi connectivity index (χ0n) is 21.7. The van der Waals surface area contributed by atoms with Crippen LogP contribution >= 0.6 is 0 Å². The number of nitrogens with zero attached hydrogens (tertiary/aromatic N) is 2. The third-order valence-corrected chi connectivity index (χ3v) is 7.00. The van der Waals surface area contributed by atoms with Crippen LogP contribution in [0.1, 0.15) is 94.3 Å². The van der Waals surface area contributed by atoms with Crippen LogP contribution in [0.3, 0.4) is 0 Å². The van der Waals surface area contributed by atoms with Gasteiger partial charge in [-0.05, 0) is 51.6 Å². The normalized spacial score (nSPS) is 16.1. The van der Waals surface area contributed by atoms with Gasteiger partial charge in [0.2, 0.25) is 0 Å². The van der Waals surface area contributed by atoms with Gasteiger partial charge in [0, 0.05) is 30.7 Å². The van der Waals surface area contributed by atoms with E-state index in [1.54, 1.807) is 0 Å². The Balaban J connectivity index is 1.72. The van der Waals surface area contributed by atoms with Crippen LogP contribution in [-0.2, 0) is 12.0 Å². The Morgan fingerprint density at radius 1 is 0.882 bits per heavy atom. The molecule has 4 rings (SSSR count). The van der Waals surface area contributed by atoms with Crippen molar-refractivity contribution in [1.29, 1.82) is 0 Å². The second-order valence-corrected chi connectivity index (χ2v) is 11.1. The molecule has 1 N–H and O–H groups in total. The summed E-state index contributed by atoms with van der Waals surface area (Å²) in [7, 11) is 0. The summed E-state index contributed by atoms with van der Waals surface area (Å²) in [6, 6.07) is 19.2. The minimum atomic E-state index is -0.119. The first-order chi connectivity index (χ1) is 16.1. The second-order valence-electron chi connectivity index (χ2n) is 11.1. The molecule has 0 aliphatic carbocycles. The van der Waals surface area contributed by atoms with E-state index in [1.165, 1.54) is 16.7 Å². The molecule has 2 heterocycles. The Bertz CT molecular complexity index is 1120. The number of para-hydroxylation sites is 1. The smallest absolute Gasteiger partial charge is 0.322 e. The first-order valence-electron chi connectivity index (χ1n) is 12.5. The number of benzene rings is 2. The van der Waals surface area contributed by atoms with Gasteiger partial charge in [0.25, 0.3) is 0 Å². The summed E-state index contributed by atoms with van der Waals surface area (Å²) in [4.78, 5) is 15.9. The molecule has 0 bridgehead atoms. The molecule has 0 radical (unpaired) electrons. The van der Waals surface area contributed by atoms with Gasteiger partial charge in [-0.3, -0.25) is 0 Å². The Labute approximate surface area is 205 Å². The van der Waals surface area contributed by atoms with E-state index in [0.29, 0.717) is 18.4 Å². The van der Waals surface area contributed by atoms with Gasteiger partial charge in [-0.25, -0.2) is 4.79 Å². The summed E-state index contributed by atoms with van der Waals surface area (Å²) in [6.07, 6.45) is 2.12. The molecule has 4 heteroatoms. The molecule has 0 saturated heterocycles. The number of anilines is 1. The number of carbonyl (C=O) groups is 1. The van der Waals surface area contributed by atoms with Gasteiger partial charge in [0.15, 0.2) is 0 Å². The molecular weight excluding hydrogens is 418 g/mol. The number of hydrogen-bond acceptors (Lipinski definition) is 1. The highest BCUT2D eigenvalue weighted by molar-refractivity contribution is 5.92. The van der Waals surface area contributed by atoms with Gasteiger partial charge in [-0.1, -0.05) is 90.9 Å². The number of rotatable bonds is 4. The number of aromatic nitrogens is 1. The molecule has 0 fully saturated rings. The van der Waals surface area contributed by atoms with Crippen molar-refractivity contribution in [2.75, 3.05) is 11.9 Å². The minimum Gasteiger partial charge on any atom is -0.348 e. The minimum absolute atomic E-state index is 0.0349. The van der Waals surface area contributed by atoms with Crippen molar-refractivity contribution in [2.24, 2.45) is 0 Å². The van der Waals surface area contributed by atoms with Crippen LogP contribution < -0.4 is 5.32 Å². The number of urea groups is 1. The van der Waals surface area contributed by atoms with Gasteiger partial charge < -0.3 is 14.8 Å². The van der Waals surface area contributed by atoms with Crippen LogP contribution in [0.4, 0.5) is 10.5 Å². The number of carbonyl (C=O) groups excluding carboxylic acids is 1. The molecule has 2 amide bonds. The summed E-state index contributed by atoms with van der Waals surface area (Å²) in [5.74, 6) is 0.654. The molecule has 1 aliphatic rings. The summed E-state index contributed by atoms with van der Waals surface area (Å²) in [5, 5.41) is 3.35. The fourth-order valence-corrected chi connectivity index (χ4v) is 4.99. The third-order valence-electron chi connectivity index (χ3n) is 7.00. The van der Waals surface area contributed by atoms with Gasteiger partial charge in [0.05, 0.1) is 6.04 Å². The maximum Gasteiger partial charge on any atom is 0.322 e. The van der Waals surface area contributed by atoms with Gasteiger partial charge in [-0.15, -0.1) is 0 Å². The van der Waals surface area contributed by atoms with Crippen molar-refractivity contribution < 1.29 is 4.79 Å². The van der Waals surface area contributed by atoms with Crippen molar-refractivity contribution in [1.82, 2.24) is 9.47 Å². The molecule has 0 spiro atoms. The summed E-state index contributed by atoms with van der Waals surface area (Å²) in [5.41, 5.74) is 7.04. The largest absolute Gasteiger partial charge is 0.348 e. The van der Waals surface area contributed by atoms with Crippen molar-refractivity contribution in [3.8, 4) is 0 Å². The quantitative estimate of drug-likeness (QED) is 0.429. The van der Waals surface area contributed by atoms with Crippen molar-refractivity contribution in [3.63, 3.8) is 0 Å². The first kappa shape index (κ1) is 24.1. The van der Waals surface area contributed by atoms with E-state index < -0.39 is 0 Å². The van der Waals surface area contributed by atoms with E-state index >= 15 is 0 Å². The molecule has 1 atom stereocenters. The molecule has 1 aromatic heterocycles. The van der Waals surface area contributed by atoms with E-state index in [9.17, 15) is 4.79 Å². The lowest BCUT2D eigenvalue weighted by atomic mass is 9.86. The highest BCUT2D eigenvalue weighted by Crippen LogP contribution is 2.36. The average Bonchev–Trinajstić information content (AvgIpc) is 3.26. The van der Waals surface area contributed by atoms with E-state index in [4.69, 9.17) is 0 Å². The molecule has 180 valence electrons. The summed E-state index contributed by atoms with van der Waals surface area (Å²) >= 11 is 0. The molecule has 3 aromatic rings. The van der Waals surface area contributed by atoms with Gasteiger partial charge >= 0.3 is 6.03 Å². The fourth-order valence-electron chi connectivity index (χ4n) is 4.99. The molecular formula is C30H39N3O. The van der Waals surface area contributed by atoms with E-state index in [0.717, 1.165) is 23.5 Å². The van der Waals surface area contributed by atoms with E-state index in [-0.39, 0.29) is 17.5 Å². The standard InChI is InChI=1S/C30H39N3O/c1-20(2)24-10-8-11-25(21(3)4)27(24)31-29(34)33-19-18-32-17-9-12-26(32)28(33)22-13-15-23(16-14-22)30(5,6)7/h8-17,20-21,28H,18-19H2,1-7H3,(H,31,34)/t28-/m1/s1. The number of nitrogens with one attached hydrogen (secondary N) is 1. The number of amides is 2. The van der Waals surface area contributed by atoms with Crippen molar-refractivity contribution in [2.45, 2.75) is 78.3 Å². The molecule has 1 aliphatic heterocycles. The predicted octanol–water partition coefficient (Wildman–Crippen LogP) is 7.67. The van der Waals surface area contributed by atoms with E-state index in [1.807, 2.05) is 4.90 Å². The second kappa shape index (κ2) is 9.32. The van der Waals surface area contributed by atoms with Crippen LogP contribution in [0, 0.1) is 0 Å². The molecule has 34 heavy (non-hydrogen) atoms. The number of fused-ring (bicyclic) bond motifs is 1. The Morgan fingerprint density at radius 2 is 1.50 bits per heavy atom. The third kappa shape index (κ3) is 4.64.